The smallest absolute Gasteiger partial charge is 0.329 e. The van der Waals surface area contributed by atoms with Crippen molar-refractivity contribution in [3.05, 3.63) is 45.3 Å². The zero-order valence-electron chi connectivity index (χ0n) is 11.2. The van der Waals surface area contributed by atoms with Crippen molar-refractivity contribution in [2.75, 3.05) is 6.61 Å². The van der Waals surface area contributed by atoms with Crippen LogP contribution in [0.2, 0.25) is 0 Å². The monoisotopic (exact) mass is 298 g/mol. The van der Waals surface area contributed by atoms with Gasteiger partial charge in [0.1, 0.15) is 0 Å². The first-order chi connectivity index (χ1) is 9.43. The summed E-state index contributed by atoms with van der Waals surface area (Å²) in [6.07, 6.45) is 3.19. The lowest BCUT2D eigenvalue weighted by Gasteiger charge is -2.28. The van der Waals surface area contributed by atoms with Gasteiger partial charge >= 0.3 is 5.69 Å². The molecular formula is C13H18N2O4S. The summed E-state index contributed by atoms with van der Waals surface area (Å²) < 4.78 is 0.668. The maximum absolute atomic E-state index is 11.9. The number of thioether (sulfide) groups is 1. The van der Waals surface area contributed by atoms with Gasteiger partial charge in [-0.1, -0.05) is 6.08 Å². The summed E-state index contributed by atoms with van der Waals surface area (Å²) in [6, 6.07) is 0. The van der Waals surface area contributed by atoms with Crippen LogP contribution in [0.4, 0.5) is 0 Å². The topological polar surface area (TPSA) is 95.3 Å². The lowest BCUT2D eigenvalue weighted by atomic mass is 9.96. The zero-order valence-corrected chi connectivity index (χ0v) is 12.0. The number of nitrogens with zero attached hydrogens (tertiary/aromatic N) is 1. The number of nitrogens with one attached hydrogen (secondary N) is 1. The number of aryl methyl sites for hydroxylation is 1. The van der Waals surface area contributed by atoms with Gasteiger partial charge in [-0.2, -0.15) is 0 Å². The van der Waals surface area contributed by atoms with Crippen LogP contribution in [0, 0.1) is 6.92 Å². The fourth-order valence-corrected chi connectivity index (χ4v) is 4.04. The Hall–Kier alpha value is -1.31. The number of aromatic nitrogens is 2. The van der Waals surface area contributed by atoms with Crippen LogP contribution in [0.1, 0.15) is 23.8 Å². The van der Waals surface area contributed by atoms with Crippen LogP contribution < -0.4 is 11.2 Å². The van der Waals surface area contributed by atoms with Gasteiger partial charge in [0, 0.05) is 18.2 Å². The minimum Gasteiger partial charge on any atom is -0.395 e. The summed E-state index contributed by atoms with van der Waals surface area (Å²) in [5, 5.41) is 19.5. The molecule has 1 aliphatic rings. The molecule has 20 heavy (non-hydrogen) atoms. The van der Waals surface area contributed by atoms with E-state index in [0.29, 0.717) is 18.4 Å². The van der Waals surface area contributed by atoms with Gasteiger partial charge < -0.3 is 10.2 Å². The highest BCUT2D eigenvalue weighted by Gasteiger charge is 2.47. The van der Waals surface area contributed by atoms with E-state index in [4.69, 9.17) is 0 Å². The fraction of sp³-hybridized carbons (Fsp3) is 0.538. The second-order valence-corrected chi connectivity index (χ2v) is 6.61. The van der Waals surface area contributed by atoms with Crippen molar-refractivity contribution in [1.82, 2.24) is 9.55 Å². The largest absolute Gasteiger partial charge is 0.395 e. The minimum absolute atomic E-state index is 0.196. The molecule has 2 rings (SSSR count). The Morgan fingerprint density at radius 2 is 2.35 bits per heavy atom. The number of aliphatic hydroxyl groups is 2. The summed E-state index contributed by atoms with van der Waals surface area (Å²) in [7, 11) is 0. The average molecular weight is 298 g/mol. The van der Waals surface area contributed by atoms with E-state index in [1.54, 1.807) is 13.0 Å². The third-order valence-corrected chi connectivity index (χ3v) is 5.35. The van der Waals surface area contributed by atoms with Crippen LogP contribution in [-0.2, 0) is 0 Å². The summed E-state index contributed by atoms with van der Waals surface area (Å²) in [5.41, 5.74) is -0.475. The molecule has 1 fully saturated rings. The van der Waals surface area contributed by atoms with Gasteiger partial charge in [0.2, 0.25) is 0 Å². The molecule has 0 aromatic carbocycles. The molecule has 0 bridgehead atoms. The second kappa shape index (κ2) is 5.59. The molecule has 3 N–H and O–H groups in total. The van der Waals surface area contributed by atoms with Crippen LogP contribution in [0.3, 0.4) is 0 Å². The summed E-state index contributed by atoms with van der Waals surface area (Å²) in [4.78, 5) is 25.5. The van der Waals surface area contributed by atoms with E-state index < -0.39 is 22.1 Å². The third kappa shape index (κ3) is 2.48. The maximum Gasteiger partial charge on any atom is 0.329 e. The minimum atomic E-state index is -0.740. The molecular weight excluding hydrogens is 280 g/mol. The first-order valence-electron chi connectivity index (χ1n) is 6.33. The van der Waals surface area contributed by atoms with Crippen molar-refractivity contribution in [1.29, 1.82) is 0 Å². The molecule has 1 aromatic heterocycles. The Bertz CT molecular complexity index is 624. The van der Waals surface area contributed by atoms with Crippen LogP contribution in [0.15, 0.2) is 28.4 Å². The molecule has 0 unspecified atom stereocenters. The lowest BCUT2D eigenvalue weighted by Crippen LogP contribution is -2.38. The number of allylic oxidation sites excluding steroid dienone is 1. The van der Waals surface area contributed by atoms with Crippen molar-refractivity contribution in [3.8, 4) is 0 Å². The number of rotatable bonds is 4. The van der Waals surface area contributed by atoms with E-state index in [1.165, 1.54) is 22.5 Å². The normalized spacial score (nSPS) is 29.6. The molecule has 2 heterocycles. The molecule has 0 radical (unpaired) electrons. The Labute approximate surface area is 120 Å². The standard InChI is InChI=1S/C13H18N2O4S/c1-3-4-13(7-16)9(17)5-10(20-13)15-6-8(2)11(18)14-12(15)19/h3,6,9-10,16-17H,1,4-5,7H2,2H3,(H,14,18,19)/t9-,10+,13+/m0/s1. The summed E-state index contributed by atoms with van der Waals surface area (Å²) >= 11 is 1.34. The first kappa shape index (κ1) is 15.1. The molecule has 0 amide bonds. The second-order valence-electron chi connectivity index (χ2n) is 5.02. The SMILES string of the molecule is C=CC[C@]1(CO)S[C@@H](n2cc(C)c(=O)[nH]c2=O)C[C@@H]1O. The van der Waals surface area contributed by atoms with Gasteiger partial charge in [0.15, 0.2) is 0 Å². The van der Waals surface area contributed by atoms with Crippen LogP contribution >= 0.6 is 11.8 Å². The number of H-pyrrole nitrogens is 1. The highest BCUT2D eigenvalue weighted by atomic mass is 32.2. The number of hydrogen-bond donors (Lipinski definition) is 3. The average Bonchev–Trinajstić information content (AvgIpc) is 2.72. The Morgan fingerprint density at radius 3 is 2.95 bits per heavy atom. The van der Waals surface area contributed by atoms with Gasteiger partial charge in [-0.05, 0) is 13.3 Å². The quantitative estimate of drug-likeness (QED) is 0.688. The fourth-order valence-electron chi connectivity index (χ4n) is 2.41. The Balaban J connectivity index is 2.37. The molecule has 0 aliphatic carbocycles. The van der Waals surface area contributed by atoms with Gasteiger partial charge in [-0.3, -0.25) is 14.3 Å². The molecule has 7 heteroatoms. The zero-order chi connectivity index (χ0) is 14.9. The van der Waals surface area contributed by atoms with Crippen molar-refractivity contribution in [2.24, 2.45) is 0 Å². The number of hydrogen-bond acceptors (Lipinski definition) is 5. The predicted molar refractivity (Wildman–Crippen MR) is 77.9 cm³/mol. The molecule has 1 aromatic rings. The van der Waals surface area contributed by atoms with E-state index >= 15 is 0 Å². The van der Waals surface area contributed by atoms with E-state index in [1.807, 2.05) is 0 Å². The van der Waals surface area contributed by atoms with Gasteiger partial charge in [-0.15, -0.1) is 18.3 Å². The molecule has 3 atom stereocenters. The summed E-state index contributed by atoms with van der Waals surface area (Å²) in [5.74, 6) is 0. The molecule has 110 valence electrons. The number of aromatic amines is 1. The van der Waals surface area contributed by atoms with E-state index in [0.717, 1.165) is 0 Å². The molecule has 6 nitrogen and oxygen atoms in total. The van der Waals surface area contributed by atoms with Gasteiger partial charge in [0.25, 0.3) is 5.56 Å². The van der Waals surface area contributed by atoms with Crippen LogP contribution in [0.5, 0.6) is 0 Å². The molecule has 1 aliphatic heterocycles. The van der Waals surface area contributed by atoms with Gasteiger partial charge in [0.05, 0.1) is 22.8 Å². The van der Waals surface area contributed by atoms with Gasteiger partial charge in [-0.25, -0.2) is 4.79 Å². The molecule has 0 spiro atoms. The van der Waals surface area contributed by atoms with Crippen LogP contribution in [0.25, 0.3) is 0 Å². The van der Waals surface area contributed by atoms with Crippen molar-refractivity contribution in [3.63, 3.8) is 0 Å². The number of aliphatic hydroxyl groups excluding tert-OH is 2. The summed E-state index contributed by atoms with van der Waals surface area (Å²) in [6.45, 7) is 5.06. The van der Waals surface area contributed by atoms with E-state index in [9.17, 15) is 19.8 Å². The maximum atomic E-state index is 11.9. The van der Waals surface area contributed by atoms with Crippen molar-refractivity contribution in [2.45, 2.75) is 36.0 Å². The highest BCUT2D eigenvalue weighted by molar-refractivity contribution is 8.01. The molecule has 0 saturated carbocycles. The Kier molecular flexibility index (Phi) is 4.22. The van der Waals surface area contributed by atoms with Crippen molar-refractivity contribution < 1.29 is 10.2 Å². The van der Waals surface area contributed by atoms with E-state index in [2.05, 4.69) is 11.6 Å². The first-order valence-corrected chi connectivity index (χ1v) is 7.21. The Morgan fingerprint density at radius 1 is 1.65 bits per heavy atom. The van der Waals surface area contributed by atoms with E-state index in [-0.39, 0.29) is 12.0 Å². The highest BCUT2D eigenvalue weighted by Crippen LogP contribution is 2.50. The van der Waals surface area contributed by atoms with Crippen LogP contribution in [-0.4, -0.2) is 37.2 Å². The molecule has 1 saturated heterocycles. The predicted octanol–water partition coefficient (Wildman–Crippen LogP) is 0.149. The third-order valence-electron chi connectivity index (χ3n) is 3.62. The van der Waals surface area contributed by atoms with Crippen molar-refractivity contribution >= 4 is 11.8 Å². The lowest BCUT2D eigenvalue weighted by molar-refractivity contribution is 0.0911.